The van der Waals surface area contributed by atoms with Crippen LogP contribution in [-0.4, -0.2) is 34.5 Å². The van der Waals surface area contributed by atoms with Crippen molar-refractivity contribution in [3.63, 3.8) is 0 Å². The van der Waals surface area contributed by atoms with Gasteiger partial charge in [0.15, 0.2) is 0 Å². The van der Waals surface area contributed by atoms with Crippen LogP contribution in [0.5, 0.6) is 0 Å². The van der Waals surface area contributed by atoms with Gasteiger partial charge in [-0.05, 0) is 36.8 Å². The van der Waals surface area contributed by atoms with Crippen LogP contribution in [0.2, 0.25) is 0 Å². The second-order valence-electron chi connectivity index (χ2n) is 8.21. The van der Waals surface area contributed by atoms with Crippen LogP contribution in [0.3, 0.4) is 0 Å². The Bertz CT molecular complexity index is 1670. The van der Waals surface area contributed by atoms with Gasteiger partial charge in [0.25, 0.3) is 0 Å². The van der Waals surface area contributed by atoms with Crippen LogP contribution in [-0.2, 0) is 23.1 Å². The topological polar surface area (TPSA) is 98.3 Å². The van der Waals surface area contributed by atoms with Gasteiger partial charge in [0, 0.05) is 12.6 Å². The SMILES string of the molecule is Cc1cccc(-c2noc(CN(C)S(=O)(=O)c3ccc4c(c3)sc(=O)n4Cc3ccccc3)n2)c1. The van der Waals surface area contributed by atoms with E-state index in [9.17, 15) is 13.2 Å². The zero-order valence-electron chi connectivity index (χ0n) is 19.1. The highest BCUT2D eigenvalue weighted by atomic mass is 32.2. The summed E-state index contributed by atoms with van der Waals surface area (Å²) in [4.78, 5) is 16.9. The Morgan fingerprint density at radius 3 is 2.60 bits per heavy atom. The summed E-state index contributed by atoms with van der Waals surface area (Å²) in [5.74, 6) is 0.591. The minimum atomic E-state index is -3.85. The van der Waals surface area contributed by atoms with E-state index in [4.69, 9.17) is 4.52 Å². The largest absolute Gasteiger partial charge is 0.338 e. The average molecular weight is 507 g/mol. The second-order valence-corrected chi connectivity index (χ2v) is 11.2. The molecule has 5 rings (SSSR count). The third kappa shape index (κ3) is 4.68. The number of hydrogen-bond acceptors (Lipinski definition) is 7. The third-order valence-electron chi connectivity index (χ3n) is 5.63. The third-order valence-corrected chi connectivity index (χ3v) is 8.37. The van der Waals surface area contributed by atoms with Crippen LogP contribution >= 0.6 is 11.3 Å². The Morgan fingerprint density at radius 1 is 1.03 bits per heavy atom. The van der Waals surface area contributed by atoms with Gasteiger partial charge < -0.3 is 4.52 Å². The zero-order chi connectivity index (χ0) is 24.6. The van der Waals surface area contributed by atoms with Crippen molar-refractivity contribution in [2.24, 2.45) is 0 Å². The molecular weight excluding hydrogens is 484 g/mol. The van der Waals surface area contributed by atoms with Crippen LogP contribution in [0, 0.1) is 6.92 Å². The molecule has 0 aliphatic rings. The molecule has 5 aromatic rings. The Kier molecular flexibility index (Phi) is 6.10. The highest BCUT2D eigenvalue weighted by Crippen LogP contribution is 2.25. The number of aryl methyl sites for hydroxylation is 1. The molecule has 178 valence electrons. The lowest BCUT2D eigenvalue weighted by Crippen LogP contribution is -2.26. The minimum absolute atomic E-state index is 0.0789. The van der Waals surface area contributed by atoms with Gasteiger partial charge in [-0.3, -0.25) is 9.36 Å². The fourth-order valence-corrected chi connectivity index (χ4v) is 5.95. The first-order chi connectivity index (χ1) is 16.8. The molecular formula is C25H22N4O4S2. The van der Waals surface area contributed by atoms with Crippen LogP contribution in [0.25, 0.3) is 21.6 Å². The fraction of sp³-hybridized carbons (Fsp3) is 0.160. The molecule has 0 bridgehead atoms. The van der Waals surface area contributed by atoms with E-state index in [-0.39, 0.29) is 22.2 Å². The first-order valence-corrected chi connectivity index (χ1v) is 13.1. The number of fused-ring (bicyclic) bond motifs is 1. The van der Waals surface area contributed by atoms with Crippen molar-refractivity contribution in [3.8, 4) is 11.4 Å². The molecule has 0 N–H and O–H groups in total. The van der Waals surface area contributed by atoms with Crippen LogP contribution in [0.1, 0.15) is 17.0 Å². The van der Waals surface area contributed by atoms with Crippen molar-refractivity contribution in [2.75, 3.05) is 7.05 Å². The maximum atomic E-state index is 13.2. The van der Waals surface area contributed by atoms with Crippen LogP contribution < -0.4 is 4.87 Å². The molecule has 0 saturated heterocycles. The molecule has 3 aromatic carbocycles. The van der Waals surface area contributed by atoms with Gasteiger partial charge in [-0.25, -0.2) is 8.42 Å². The van der Waals surface area contributed by atoms with E-state index < -0.39 is 10.0 Å². The van der Waals surface area contributed by atoms with E-state index in [1.165, 1.54) is 13.1 Å². The molecule has 0 aliphatic heterocycles. The smallest absolute Gasteiger partial charge is 0.308 e. The Morgan fingerprint density at radius 2 is 1.83 bits per heavy atom. The Balaban J connectivity index is 1.38. The van der Waals surface area contributed by atoms with Crippen LogP contribution in [0.4, 0.5) is 0 Å². The van der Waals surface area contributed by atoms with E-state index in [1.54, 1.807) is 16.7 Å². The average Bonchev–Trinajstić information content (AvgIpc) is 3.43. The summed E-state index contributed by atoms with van der Waals surface area (Å²) in [6.07, 6.45) is 0. The number of rotatable bonds is 7. The summed E-state index contributed by atoms with van der Waals surface area (Å²) in [5.41, 5.74) is 3.55. The molecule has 0 saturated carbocycles. The van der Waals surface area contributed by atoms with E-state index in [0.717, 1.165) is 32.3 Å². The monoisotopic (exact) mass is 506 g/mol. The van der Waals surface area contributed by atoms with Crippen molar-refractivity contribution >= 4 is 31.6 Å². The van der Waals surface area contributed by atoms with Gasteiger partial charge in [-0.1, -0.05) is 70.6 Å². The number of sulfonamides is 1. The maximum absolute atomic E-state index is 13.2. The second kappa shape index (κ2) is 9.21. The van der Waals surface area contributed by atoms with Gasteiger partial charge >= 0.3 is 4.87 Å². The fourth-order valence-electron chi connectivity index (χ4n) is 3.80. The van der Waals surface area contributed by atoms with Gasteiger partial charge in [0.1, 0.15) is 0 Å². The number of aromatic nitrogens is 3. The summed E-state index contributed by atoms with van der Waals surface area (Å²) >= 11 is 1.03. The molecule has 0 amide bonds. The normalized spacial score (nSPS) is 12.0. The molecule has 0 fully saturated rings. The minimum Gasteiger partial charge on any atom is -0.338 e. The van der Waals surface area contributed by atoms with E-state index >= 15 is 0 Å². The molecule has 10 heteroatoms. The zero-order valence-corrected chi connectivity index (χ0v) is 20.7. The van der Waals surface area contributed by atoms with Crippen molar-refractivity contribution in [3.05, 3.63) is 99.5 Å². The van der Waals surface area contributed by atoms with Gasteiger partial charge in [0.2, 0.25) is 21.7 Å². The molecule has 8 nitrogen and oxygen atoms in total. The van der Waals surface area contributed by atoms with Crippen LogP contribution in [0.15, 0.2) is 87.0 Å². The predicted octanol–water partition coefficient (Wildman–Crippen LogP) is 4.29. The predicted molar refractivity (Wildman–Crippen MR) is 135 cm³/mol. The van der Waals surface area contributed by atoms with Gasteiger partial charge in [-0.2, -0.15) is 9.29 Å². The van der Waals surface area contributed by atoms with Crippen molar-refractivity contribution in [2.45, 2.75) is 24.9 Å². The van der Waals surface area contributed by atoms with E-state index in [1.807, 2.05) is 61.5 Å². The lowest BCUT2D eigenvalue weighted by molar-refractivity contribution is 0.337. The lowest BCUT2D eigenvalue weighted by Gasteiger charge is -2.15. The summed E-state index contributed by atoms with van der Waals surface area (Å²) < 4.78 is 35.2. The summed E-state index contributed by atoms with van der Waals surface area (Å²) in [7, 11) is -2.39. The molecule has 2 heterocycles. The van der Waals surface area contributed by atoms with Gasteiger partial charge in [-0.15, -0.1) is 0 Å². The number of nitrogens with zero attached hydrogens (tertiary/aromatic N) is 4. The molecule has 0 radical (unpaired) electrons. The summed E-state index contributed by atoms with van der Waals surface area (Å²) in [6.45, 7) is 2.31. The summed E-state index contributed by atoms with van der Waals surface area (Å²) in [5, 5.41) is 3.98. The van der Waals surface area contributed by atoms with Crippen molar-refractivity contribution < 1.29 is 12.9 Å². The van der Waals surface area contributed by atoms with Crippen molar-refractivity contribution in [1.82, 2.24) is 19.0 Å². The van der Waals surface area contributed by atoms with E-state index in [0.29, 0.717) is 22.6 Å². The highest BCUT2D eigenvalue weighted by molar-refractivity contribution is 7.89. The molecule has 0 unspecified atom stereocenters. The van der Waals surface area contributed by atoms with Crippen molar-refractivity contribution in [1.29, 1.82) is 0 Å². The highest BCUT2D eigenvalue weighted by Gasteiger charge is 2.24. The number of thiazole rings is 1. The first-order valence-electron chi connectivity index (χ1n) is 10.8. The van der Waals surface area contributed by atoms with E-state index in [2.05, 4.69) is 10.1 Å². The number of hydrogen-bond donors (Lipinski definition) is 0. The molecule has 0 aliphatic carbocycles. The molecule has 0 atom stereocenters. The number of benzene rings is 3. The summed E-state index contributed by atoms with van der Waals surface area (Å²) in [6, 6.07) is 22.1. The quantitative estimate of drug-likeness (QED) is 0.327. The van der Waals surface area contributed by atoms with Gasteiger partial charge in [0.05, 0.1) is 28.2 Å². The first kappa shape index (κ1) is 23.2. The molecule has 35 heavy (non-hydrogen) atoms. The Labute approximate surface area is 206 Å². The lowest BCUT2D eigenvalue weighted by atomic mass is 10.1. The standard InChI is InChI=1S/C25H22N4O4S2/c1-17-7-6-10-19(13-17)24-26-23(33-27-24)16-28(2)35(31,32)20-11-12-21-22(14-20)34-25(30)29(21)15-18-8-4-3-5-9-18/h3-14H,15-16H2,1-2H3. The Hall–Kier alpha value is -3.60. The molecule has 0 spiro atoms. The molecule has 2 aromatic heterocycles. The maximum Gasteiger partial charge on any atom is 0.308 e.